The summed E-state index contributed by atoms with van der Waals surface area (Å²) >= 11 is 1.58. The van der Waals surface area contributed by atoms with Crippen molar-refractivity contribution in [2.24, 2.45) is 4.99 Å². The van der Waals surface area contributed by atoms with Crippen molar-refractivity contribution in [3.63, 3.8) is 0 Å². The minimum atomic E-state index is 0.673. The Morgan fingerprint density at radius 2 is 2.06 bits per heavy atom. The second-order valence-electron chi connectivity index (χ2n) is 4.68. The summed E-state index contributed by atoms with van der Waals surface area (Å²) in [5.41, 5.74) is 0. The standard InChI is InChI=1S/C12H20N4S/c1-17-12(14-10-13)16-8-5-11(9-16)15-6-3-2-4-7-15/h11H,2-9H2,1H3. The molecule has 0 spiro atoms. The average Bonchev–Trinajstić information content (AvgIpc) is 2.86. The van der Waals surface area contributed by atoms with Gasteiger partial charge in [0.1, 0.15) is 0 Å². The lowest BCUT2D eigenvalue weighted by Gasteiger charge is -2.32. The van der Waals surface area contributed by atoms with E-state index in [0.29, 0.717) is 6.04 Å². The van der Waals surface area contributed by atoms with E-state index in [9.17, 15) is 0 Å². The van der Waals surface area contributed by atoms with Crippen LogP contribution in [0.25, 0.3) is 0 Å². The highest BCUT2D eigenvalue weighted by molar-refractivity contribution is 8.13. The van der Waals surface area contributed by atoms with Gasteiger partial charge >= 0.3 is 0 Å². The van der Waals surface area contributed by atoms with Crippen LogP contribution in [0.15, 0.2) is 4.99 Å². The van der Waals surface area contributed by atoms with Crippen LogP contribution in [0.1, 0.15) is 25.7 Å². The lowest BCUT2D eigenvalue weighted by molar-refractivity contribution is 0.169. The van der Waals surface area contributed by atoms with E-state index >= 15 is 0 Å². The van der Waals surface area contributed by atoms with Gasteiger partial charge in [-0.3, -0.25) is 4.90 Å². The largest absolute Gasteiger partial charge is 0.349 e. The maximum atomic E-state index is 8.65. The molecule has 2 aliphatic heterocycles. The molecule has 0 bridgehead atoms. The summed E-state index contributed by atoms with van der Waals surface area (Å²) in [5.74, 6) is 0. The van der Waals surface area contributed by atoms with Crippen molar-refractivity contribution in [2.45, 2.75) is 31.7 Å². The van der Waals surface area contributed by atoms with Gasteiger partial charge in [-0.05, 0) is 38.6 Å². The Bertz CT molecular complexity index is 317. The molecule has 0 aromatic rings. The molecule has 2 rings (SSSR count). The number of nitriles is 1. The van der Waals surface area contributed by atoms with E-state index in [4.69, 9.17) is 5.26 Å². The van der Waals surface area contributed by atoms with Crippen LogP contribution in [-0.4, -0.2) is 53.4 Å². The van der Waals surface area contributed by atoms with Crippen LogP contribution in [-0.2, 0) is 0 Å². The second-order valence-corrected chi connectivity index (χ2v) is 5.46. The fourth-order valence-electron chi connectivity index (χ4n) is 2.79. The Morgan fingerprint density at radius 3 is 2.71 bits per heavy atom. The minimum absolute atomic E-state index is 0.673. The monoisotopic (exact) mass is 252 g/mol. The summed E-state index contributed by atoms with van der Waals surface area (Å²) in [6, 6.07) is 0.673. The molecule has 1 unspecified atom stereocenters. The zero-order valence-electron chi connectivity index (χ0n) is 10.4. The highest BCUT2D eigenvalue weighted by atomic mass is 32.2. The van der Waals surface area contributed by atoms with Gasteiger partial charge in [0.2, 0.25) is 6.19 Å². The molecule has 0 N–H and O–H groups in total. The maximum absolute atomic E-state index is 8.65. The summed E-state index contributed by atoms with van der Waals surface area (Å²) in [4.78, 5) is 8.77. The van der Waals surface area contributed by atoms with Crippen LogP contribution in [0.3, 0.4) is 0 Å². The summed E-state index contributed by atoms with van der Waals surface area (Å²) in [6.45, 7) is 4.59. The number of rotatable bonds is 1. The third kappa shape index (κ3) is 3.14. The van der Waals surface area contributed by atoms with Crippen molar-refractivity contribution in [1.29, 1.82) is 5.26 Å². The topological polar surface area (TPSA) is 42.6 Å². The zero-order valence-corrected chi connectivity index (χ0v) is 11.2. The Balaban J connectivity index is 1.90. The summed E-state index contributed by atoms with van der Waals surface area (Å²) in [7, 11) is 0. The molecule has 17 heavy (non-hydrogen) atoms. The molecule has 0 radical (unpaired) electrons. The van der Waals surface area contributed by atoms with Crippen LogP contribution in [0.4, 0.5) is 0 Å². The van der Waals surface area contributed by atoms with E-state index in [2.05, 4.69) is 14.8 Å². The molecule has 4 nitrogen and oxygen atoms in total. The van der Waals surface area contributed by atoms with Gasteiger partial charge in [0.05, 0.1) is 0 Å². The predicted octanol–water partition coefficient (Wildman–Crippen LogP) is 1.75. The molecule has 0 aromatic heterocycles. The minimum Gasteiger partial charge on any atom is -0.349 e. The van der Waals surface area contributed by atoms with Crippen molar-refractivity contribution in [1.82, 2.24) is 9.80 Å². The average molecular weight is 252 g/mol. The second kappa shape index (κ2) is 6.27. The van der Waals surface area contributed by atoms with Gasteiger partial charge in [-0.2, -0.15) is 5.26 Å². The summed E-state index contributed by atoms with van der Waals surface area (Å²) < 4.78 is 0. The van der Waals surface area contributed by atoms with E-state index in [1.165, 1.54) is 38.8 Å². The Kier molecular flexibility index (Phi) is 4.69. The molecule has 0 saturated carbocycles. The number of amidine groups is 1. The number of nitrogens with zero attached hydrogens (tertiary/aromatic N) is 4. The van der Waals surface area contributed by atoms with Crippen molar-refractivity contribution >= 4 is 16.9 Å². The van der Waals surface area contributed by atoms with E-state index in [1.807, 2.05) is 12.4 Å². The van der Waals surface area contributed by atoms with Gasteiger partial charge in [0, 0.05) is 19.1 Å². The quantitative estimate of drug-likeness (QED) is 0.405. The van der Waals surface area contributed by atoms with Crippen molar-refractivity contribution < 1.29 is 0 Å². The highest BCUT2D eigenvalue weighted by Crippen LogP contribution is 2.22. The molecular weight excluding hydrogens is 232 g/mol. The molecule has 94 valence electrons. The fraction of sp³-hybridized carbons (Fsp3) is 0.833. The molecule has 2 aliphatic rings. The zero-order chi connectivity index (χ0) is 12.1. The Hall–Kier alpha value is -0.730. The van der Waals surface area contributed by atoms with E-state index in [-0.39, 0.29) is 0 Å². The van der Waals surface area contributed by atoms with Gasteiger partial charge in [0.25, 0.3) is 0 Å². The fourth-order valence-corrected chi connectivity index (χ4v) is 3.34. The van der Waals surface area contributed by atoms with Crippen molar-refractivity contribution in [2.75, 3.05) is 32.4 Å². The lowest BCUT2D eigenvalue weighted by atomic mass is 10.1. The Morgan fingerprint density at radius 1 is 1.29 bits per heavy atom. The molecule has 2 fully saturated rings. The van der Waals surface area contributed by atoms with Crippen LogP contribution in [0.2, 0.25) is 0 Å². The number of hydrogen-bond acceptors (Lipinski definition) is 4. The lowest BCUT2D eigenvalue weighted by Crippen LogP contribution is -2.41. The summed E-state index contributed by atoms with van der Waals surface area (Å²) in [5, 5.41) is 9.54. The molecule has 0 aromatic carbocycles. The SMILES string of the molecule is CSC(=NC#N)N1CCC(N2CCCCC2)C1. The van der Waals surface area contributed by atoms with Gasteiger partial charge in [-0.1, -0.05) is 18.2 Å². The third-order valence-electron chi connectivity index (χ3n) is 3.67. The van der Waals surface area contributed by atoms with Gasteiger partial charge in [-0.25, -0.2) is 0 Å². The first-order valence-electron chi connectivity index (χ1n) is 6.35. The van der Waals surface area contributed by atoms with E-state index in [1.54, 1.807) is 11.8 Å². The van der Waals surface area contributed by atoms with Crippen LogP contribution in [0.5, 0.6) is 0 Å². The van der Waals surface area contributed by atoms with Crippen molar-refractivity contribution in [3.05, 3.63) is 0 Å². The van der Waals surface area contributed by atoms with Crippen LogP contribution in [0, 0.1) is 11.5 Å². The number of hydrogen-bond donors (Lipinski definition) is 0. The summed E-state index contributed by atoms with van der Waals surface area (Å²) in [6.07, 6.45) is 9.18. The first-order valence-corrected chi connectivity index (χ1v) is 7.57. The number of aliphatic imine (C=N–C) groups is 1. The molecule has 5 heteroatoms. The van der Waals surface area contributed by atoms with Crippen LogP contribution < -0.4 is 0 Å². The third-order valence-corrected chi connectivity index (χ3v) is 4.38. The maximum Gasteiger partial charge on any atom is 0.208 e. The van der Waals surface area contributed by atoms with Gasteiger partial charge in [-0.15, -0.1) is 4.99 Å². The molecule has 1 atom stereocenters. The Labute approximate surface area is 108 Å². The molecule has 0 amide bonds. The van der Waals surface area contributed by atoms with Crippen molar-refractivity contribution in [3.8, 4) is 6.19 Å². The first kappa shape index (κ1) is 12.7. The molecule has 0 aliphatic carbocycles. The normalized spacial score (nSPS) is 27.2. The van der Waals surface area contributed by atoms with E-state index in [0.717, 1.165) is 18.3 Å². The predicted molar refractivity (Wildman–Crippen MR) is 72.0 cm³/mol. The smallest absolute Gasteiger partial charge is 0.208 e. The molecule has 2 saturated heterocycles. The number of likely N-dealkylation sites (tertiary alicyclic amines) is 2. The molecular formula is C12H20N4S. The van der Waals surface area contributed by atoms with Gasteiger partial charge in [0.15, 0.2) is 5.17 Å². The van der Waals surface area contributed by atoms with Crippen LogP contribution >= 0.6 is 11.8 Å². The molecule has 2 heterocycles. The van der Waals surface area contributed by atoms with E-state index < -0.39 is 0 Å². The number of piperidine rings is 1. The van der Waals surface area contributed by atoms with Gasteiger partial charge < -0.3 is 4.90 Å². The highest BCUT2D eigenvalue weighted by Gasteiger charge is 2.29. The first-order chi connectivity index (χ1) is 8.35. The number of thioether (sulfide) groups is 1.